The van der Waals surface area contributed by atoms with Gasteiger partial charge in [-0.2, -0.15) is 11.8 Å². The van der Waals surface area contributed by atoms with E-state index in [0.717, 1.165) is 19.6 Å². The zero-order chi connectivity index (χ0) is 19.1. The van der Waals surface area contributed by atoms with E-state index in [4.69, 9.17) is 11.6 Å². The quantitative estimate of drug-likeness (QED) is 0.643. The molecule has 1 fully saturated rings. The average Bonchev–Trinajstić information content (AvgIpc) is 3.17. The Morgan fingerprint density at radius 2 is 1.89 bits per heavy atom. The number of amides is 1. The van der Waals surface area contributed by atoms with Crippen LogP contribution >= 0.6 is 23.4 Å². The average molecular weight is 407 g/mol. The fourth-order valence-electron chi connectivity index (χ4n) is 3.14. The summed E-state index contributed by atoms with van der Waals surface area (Å²) in [6.07, 6.45) is 2.56. The first-order valence-electron chi connectivity index (χ1n) is 9.23. The summed E-state index contributed by atoms with van der Waals surface area (Å²) in [4.78, 5) is 14.7. The molecule has 144 valence electrons. The Morgan fingerprint density at radius 1 is 1.15 bits per heavy atom. The van der Waals surface area contributed by atoms with Crippen molar-refractivity contribution in [1.82, 2.24) is 10.2 Å². The predicted molar refractivity (Wildman–Crippen MR) is 111 cm³/mol. The maximum Gasteiger partial charge on any atom is 0.251 e. The standard InChI is InChI=1S/C21H24ClFN2OS/c22-19-4-3-5-20(23)18(19)15-27-13-10-24-21(26)17-8-6-16(7-9-17)14-25-11-1-2-12-25/h3-9H,1-2,10-15H2,(H,24,26). The van der Waals surface area contributed by atoms with E-state index in [9.17, 15) is 9.18 Å². The van der Waals surface area contributed by atoms with Crippen LogP contribution in [-0.2, 0) is 12.3 Å². The van der Waals surface area contributed by atoms with E-state index in [1.165, 1.54) is 24.5 Å². The molecule has 3 nitrogen and oxygen atoms in total. The van der Waals surface area contributed by atoms with Gasteiger partial charge in [-0.1, -0.05) is 29.8 Å². The van der Waals surface area contributed by atoms with E-state index in [0.29, 0.717) is 34.2 Å². The second-order valence-corrected chi connectivity index (χ2v) is 8.20. The van der Waals surface area contributed by atoms with E-state index < -0.39 is 0 Å². The molecule has 0 aliphatic carbocycles. The minimum Gasteiger partial charge on any atom is -0.351 e. The summed E-state index contributed by atoms with van der Waals surface area (Å²) in [5, 5.41) is 3.36. The molecule has 2 aromatic rings. The van der Waals surface area contributed by atoms with Crippen LogP contribution in [0.3, 0.4) is 0 Å². The molecule has 1 aliphatic heterocycles. The molecule has 0 atom stereocenters. The molecule has 0 unspecified atom stereocenters. The van der Waals surface area contributed by atoms with Crippen molar-refractivity contribution < 1.29 is 9.18 Å². The van der Waals surface area contributed by atoms with Crippen LogP contribution in [0, 0.1) is 5.82 Å². The highest BCUT2D eigenvalue weighted by molar-refractivity contribution is 7.98. The summed E-state index contributed by atoms with van der Waals surface area (Å²) in [5.41, 5.74) is 2.43. The largest absolute Gasteiger partial charge is 0.351 e. The first-order valence-corrected chi connectivity index (χ1v) is 10.8. The summed E-state index contributed by atoms with van der Waals surface area (Å²) in [5.74, 6) is 0.830. The van der Waals surface area contributed by atoms with Crippen LogP contribution in [-0.4, -0.2) is 36.2 Å². The van der Waals surface area contributed by atoms with Gasteiger partial charge in [0, 0.05) is 40.7 Å². The van der Waals surface area contributed by atoms with Gasteiger partial charge in [-0.3, -0.25) is 9.69 Å². The van der Waals surface area contributed by atoms with E-state index >= 15 is 0 Å². The van der Waals surface area contributed by atoms with E-state index in [2.05, 4.69) is 10.2 Å². The molecule has 1 heterocycles. The molecule has 1 saturated heterocycles. The highest BCUT2D eigenvalue weighted by Gasteiger charge is 2.12. The van der Waals surface area contributed by atoms with E-state index in [1.807, 2.05) is 24.3 Å². The number of thioether (sulfide) groups is 1. The number of nitrogens with zero attached hydrogens (tertiary/aromatic N) is 1. The molecule has 0 aromatic heterocycles. The maximum absolute atomic E-state index is 13.7. The maximum atomic E-state index is 13.7. The van der Waals surface area contributed by atoms with Crippen LogP contribution in [0.2, 0.25) is 5.02 Å². The van der Waals surface area contributed by atoms with Crippen LogP contribution in [0.4, 0.5) is 4.39 Å². The number of halogens is 2. The third kappa shape index (κ3) is 5.96. The van der Waals surface area contributed by atoms with Crippen molar-refractivity contribution in [2.75, 3.05) is 25.4 Å². The van der Waals surface area contributed by atoms with Gasteiger partial charge in [-0.15, -0.1) is 0 Å². The van der Waals surface area contributed by atoms with Crippen LogP contribution in [0.25, 0.3) is 0 Å². The summed E-state index contributed by atoms with van der Waals surface area (Å²) in [7, 11) is 0. The zero-order valence-electron chi connectivity index (χ0n) is 15.2. The minimum absolute atomic E-state index is 0.0766. The SMILES string of the molecule is O=C(NCCSCc1c(F)cccc1Cl)c1ccc(CN2CCCC2)cc1. The van der Waals surface area contributed by atoms with Crippen LogP contribution in [0.15, 0.2) is 42.5 Å². The molecule has 6 heteroatoms. The fourth-order valence-corrected chi connectivity index (χ4v) is 4.34. The van der Waals surface area contributed by atoms with Gasteiger partial charge in [0.05, 0.1) is 0 Å². The number of rotatable bonds is 8. The molecule has 0 saturated carbocycles. The summed E-state index contributed by atoms with van der Waals surface area (Å²) in [6, 6.07) is 12.5. The van der Waals surface area contributed by atoms with Crippen molar-refractivity contribution in [2.45, 2.75) is 25.1 Å². The van der Waals surface area contributed by atoms with Gasteiger partial charge in [-0.25, -0.2) is 4.39 Å². The van der Waals surface area contributed by atoms with Crippen molar-refractivity contribution in [3.8, 4) is 0 Å². The molecule has 27 heavy (non-hydrogen) atoms. The van der Waals surface area contributed by atoms with Crippen LogP contribution in [0.1, 0.15) is 34.3 Å². The van der Waals surface area contributed by atoms with Crippen molar-refractivity contribution in [3.05, 3.63) is 70.0 Å². The van der Waals surface area contributed by atoms with Gasteiger partial charge >= 0.3 is 0 Å². The van der Waals surface area contributed by atoms with Gasteiger partial charge < -0.3 is 5.32 Å². The Bertz CT molecular complexity index is 743. The third-order valence-electron chi connectivity index (χ3n) is 4.66. The molecule has 2 aromatic carbocycles. The van der Waals surface area contributed by atoms with Gasteiger partial charge in [0.1, 0.15) is 5.82 Å². The predicted octanol–water partition coefficient (Wildman–Crippen LogP) is 4.74. The van der Waals surface area contributed by atoms with Gasteiger partial charge in [0.2, 0.25) is 0 Å². The lowest BCUT2D eigenvalue weighted by Gasteiger charge is -2.14. The van der Waals surface area contributed by atoms with Crippen molar-refractivity contribution in [2.24, 2.45) is 0 Å². The molecule has 0 radical (unpaired) electrons. The normalized spacial score (nSPS) is 14.4. The lowest BCUT2D eigenvalue weighted by molar-refractivity contribution is 0.0956. The topological polar surface area (TPSA) is 32.3 Å². The highest BCUT2D eigenvalue weighted by Crippen LogP contribution is 2.23. The number of hydrogen-bond donors (Lipinski definition) is 1. The van der Waals surface area contributed by atoms with Gasteiger partial charge in [0.15, 0.2) is 0 Å². The number of nitrogens with one attached hydrogen (secondary N) is 1. The Kier molecular flexibility index (Phi) is 7.56. The first kappa shape index (κ1) is 20.2. The number of benzene rings is 2. The number of carbonyl (C=O) groups is 1. The number of likely N-dealkylation sites (tertiary alicyclic amines) is 1. The zero-order valence-corrected chi connectivity index (χ0v) is 16.8. The molecular formula is C21H24ClFN2OS. The number of carbonyl (C=O) groups excluding carboxylic acids is 1. The Hall–Kier alpha value is -1.56. The summed E-state index contributed by atoms with van der Waals surface area (Å²) in [6.45, 7) is 3.82. The van der Waals surface area contributed by atoms with Crippen LogP contribution in [0.5, 0.6) is 0 Å². The van der Waals surface area contributed by atoms with Gasteiger partial charge in [0.25, 0.3) is 5.91 Å². The second-order valence-electron chi connectivity index (χ2n) is 6.69. The highest BCUT2D eigenvalue weighted by atomic mass is 35.5. The van der Waals surface area contributed by atoms with E-state index in [1.54, 1.807) is 23.9 Å². The first-order chi connectivity index (χ1) is 13.1. The van der Waals surface area contributed by atoms with Crippen molar-refractivity contribution >= 4 is 29.3 Å². The molecule has 3 rings (SSSR count). The summed E-state index contributed by atoms with van der Waals surface area (Å²) < 4.78 is 13.7. The molecule has 1 amide bonds. The lowest BCUT2D eigenvalue weighted by atomic mass is 10.1. The van der Waals surface area contributed by atoms with Crippen molar-refractivity contribution in [3.63, 3.8) is 0 Å². The molecule has 0 bridgehead atoms. The molecule has 1 aliphatic rings. The Morgan fingerprint density at radius 3 is 2.59 bits per heavy atom. The van der Waals surface area contributed by atoms with Crippen LogP contribution < -0.4 is 5.32 Å². The minimum atomic E-state index is -0.284. The second kappa shape index (κ2) is 10.1. The fraction of sp³-hybridized carbons (Fsp3) is 0.381. The summed E-state index contributed by atoms with van der Waals surface area (Å²) >= 11 is 7.56. The Balaban J connectivity index is 1.38. The van der Waals surface area contributed by atoms with Gasteiger partial charge in [-0.05, 0) is 55.8 Å². The molecule has 1 N–H and O–H groups in total. The molecular weight excluding hydrogens is 383 g/mol. The Labute approximate surface area is 169 Å². The van der Waals surface area contributed by atoms with Crippen molar-refractivity contribution in [1.29, 1.82) is 0 Å². The van der Waals surface area contributed by atoms with E-state index in [-0.39, 0.29) is 11.7 Å². The smallest absolute Gasteiger partial charge is 0.251 e. The third-order valence-corrected chi connectivity index (χ3v) is 6.00. The lowest BCUT2D eigenvalue weighted by Crippen LogP contribution is -2.25. The number of hydrogen-bond acceptors (Lipinski definition) is 3. The molecule has 0 spiro atoms. The monoisotopic (exact) mass is 406 g/mol.